The van der Waals surface area contributed by atoms with Gasteiger partial charge in [0.2, 0.25) is 0 Å². The number of hydrogen-bond donors (Lipinski definition) is 0. The van der Waals surface area contributed by atoms with Gasteiger partial charge >= 0.3 is 0 Å². The lowest BCUT2D eigenvalue weighted by molar-refractivity contribution is 0.673. The molecule has 0 spiro atoms. The molecule has 13 aromatic rings. The van der Waals surface area contributed by atoms with E-state index in [1.165, 1.54) is 103 Å². The van der Waals surface area contributed by atoms with Crippen LogP contribution < -0.4 is 0 Å². The highest BCUT2D eigenvalue weighted by molar-refractivity contribution is 6.29. The molecule has 1 heteroatoms. The van der Waals surface area contributed by atoms with E-state index in [1.54, 1.807) is 0 Å². The Morgan fingerprint density at radius 2 is 0.729 bits per heavy atom. The zero-order valence-electron chi connectivity index (χ0n) is 32.0. The van der Waals surface area contributed by atoms with Crippen molar-refractivity contribution in [3.8, 4) is 33.4 Å². The van der Waals surface area contributed by atoms with E-state index in [2.05, 4.69) is 206 Å². The Labute approximate surface area is 340 Å². The average Bonchev–Trinajstić information content (AvgIpc) is 3.68. The van der Waals surface area contributed by atoms with Gasteiger partial charge in [-0.3, -0.25) is 0 Å². The molecule has 272 valence electrons. The van der Waals surface area contributed by atoms with Gasteiger partial charge in [-0.05, 0) is 134 Å². The van der Waals surface area contributed by atoms with Crippen molar-refractivity contribution < 1.29 is 4.42 Å². The van der Waals surface area contributed by atoms with Crippen LogP contribution in [0.25, 0.3) is 131 Å². The lowest BCUT2D eigenvalue weighted by Crippen LogP contribution is -1.89. The van der Waals surface area contributed by atoms with Crippen LogP contribution in [-0.4, -0.2) is 0 Å². The molecule has 59 heavy (non-hydrogen) atoms. The van der Waals surface area contributed by atoms with Crippen LogP contribution in [0.15, 0.2) is 211 Å². The molecule has 0 aliphatic heterocycles. The van der Waals surface area contributed by atoms with E-state index < -0.39 is 0 Å². The summed E-state index contributed by atoms with van der Waals surface area (Å²) >= 11 is 0. The molecule has 12 aromatic carbocycles. The Kier molecular flexibility index (Phi) is 6.79. The lowest BCUT2D eigenvalue weighted by atomic mass is 9.87. The van der Waals surface area contributed by atoms with Crippen molar-refractivity contribution in [3.05, 3.63) is 206 Å². The van der Waals surface area contributed by atoms with Crippen molar-refractivity contribution in [3.63, 3.8) is 0 Å². The predicted molar refractivity (Wildman–Crippen MR) is 253 cm³/mol. The lowest BCUT2D eigenvalue weighted by Gasteiger charge is -2.16. The minimum atomic E-state index is 0.922. The Bertz CT molecular complexity index is 3830. The van der Waals surface area contributed by atoms with Crippen LogP contribution in [0.4, 0.5) is 0 Å². The largest absolute Gasteiger partial charge is 0.455 e. The van der Waals surface area contributed by atoms with Crippen LogP contribution in [0, 0.1) is 0 Å². The molecular weight excluding hydrogens is 713 g/mol. The molecule has 0 aliphatic rings. The Morgan fingerprint density at radius 3 is 1.44 bits per heavy atom. The topological polar surface area (TPSA) is 13.1 Å². The molecule has 0 unspecified atom stereocenters. The van der Waals surface area contributed by atoms with Crippen molar-refractivity contribution in [1.82, 2.24) is 0 Å². The maximum Gasteiger partial charge on any atom is 0.143 e. The monoisotopic (exact) mass is 746 g/mol. The van der Waals surface area contributed by atoms with Gasteiger partial charge in [0.05, 0.1) is 0 Å². The van der Waals surface area contributed by atoms with Crippen LogP contribution in [0.2, 0.25) is 0 Å². The maximum absolute atomic E-state index is 6.67. The molecule has 1 heterocycles. The van der Waals surface area contributed by atoms with Gasteiger partial charge in [-0.1, -0.05) is 176 Å². The molecule has 0 atom stereocenters. The highest BCUT2D eigenvalue weighted by Gasteiger charge is 2.18. The second-order valence-corrected chi connectivity index (χ2v) is 15.9. The van der Waals surface area contributed by atoms with Crippen LogP contribution in [0.5, 0.6) is 0 Å². The molecule has 0 saturated carbocycles. The fourth-order valence-electron chi connectivity index (χ4n) is 10.0. The van der Waals surface area contributed by atoms with E-state index >= 15 is 0 Å². The van der Waals surface area contributed by atoms with E-state index in [9.17, 15) is 0 Å². The Balaban J connectivity index is 0.939. The number of benzene rings is 12. The molecule has 0 N–H and O–H groups in total. The second kappa shape index (κ2) is 12.4. The van der Waals surface area contributed by atoms with Crippen LogP contribution in [-0.2, 0) is 0 Å². The summed E-state index contributed by atoms with van der Waals surface area (Å²) < 4.78 is 6.67. The summed E-state index contributed by atoms with van der Waals surface area (Å²) in [4.78, 5) is 0. The fourth-order valence-corrected chi connectivity index (χ4v) is 10.0. The molecule has 0 saturated heterocycles. The van der Waals surface area contributed by atoms with Crippen molar-refractivity contribution in [1.29, 1.82) is 0 Å². The van der Waals surface area contributed by atoms with Gasteiger partial charge in [0.15, 0.2) is 0 Å². The number of hydrogen-bond acceptors (Lipinski definition) is 1. The number of furan rings is 1. The SMILES string of the molecule is c1ccc2c(-c3ccc(-c4ccc(-c5ccc6c(c5)c5ccccc5c5cc7c(cc65)oc5c6ccccc6ccc75)cc4)c4ccccc34)c3ccccc3cc2c1. The van der Waals surface area contributed by atoms with Crippen molar-refractivity contribution in [2.45, 2.75) is 0 Å². The second-order valence-electron chi connectivity index (χ2n) is 15.9. The predicted octanol–water partition coefficient (Wildman–Crippen LogP) is 16.7. The first-order valence-electron chi connectivity index (χ1n) is 20.4. The summed E-state index contributed by atoms with van der Waals surface area (Å²) in [5, 5.41) is 19.7. The standard InChI is InChI=1S/C58H34O/c1-6-16-44-36(11-1)25-28-51-55-33-53-48-20-10-9-19-47(48)52-32-38(26-27-49(52)54(53)34-56(55)59-58(44)51)35-21-23-37(24-22-35)41-29-30-50(46-18-8-7-17-45(41)46)57-42-14-4-2-12-39(42)31-40-13-3-5-15-43(40)57/h1-34H. The van der Waals surface area contributed by atoms with Gasteiger partial charge in [0.1, 0.15) is 11.2 Å². The van der Waals surface area contributed by atoms with E-state index in [4.69, 9.17) is 4.42 Å². The zero-order valence-corrected chi connectivity index (χ0v) is 32.0. The van der Waals surface area contributed by atoms with E-state index in [1.807, 2.05) is 0 Å². The molecule has 0 radical (unpaired) electrons. The third-order valence-electron chi connectivity index (χ3n) is 12.8. The first-order valence-corrected chi connectivity index (χ1v) is 20.4. The molecule has 0 aliphatic carbocycles. The first-order chi connectivity index (χ1) is 29.2. The summed E-state index contributed by atoms with van der Waals surface area (Å²) in [5.41, 5.74) is 9.28. The number of rotatable bonds is 3. The molecule has 1 aromatic heterocycles. The minimum Gasteiger partial charge on any atom is -0.455 e. The van der Waals surface area contributed by atoms with Gasteiger partial charge in [-0.25, -0.2) is 0 Å². The van der Waals surface area contributed by atoms with E-state index in [0.29, 0.717) is 0 Å². The highest BCUT2D eigenvalue weighted by Crippen LogP contribution is 2.44. The van der Waals surface area contributed by atoms with Gasteiger partial charge in [-0.15, -0.1) is 0 Å². The third-order valence-corrected chi connectivity index (χ3v) is 12.8. The fraction of sp³-hybridized carbons (Fsp3) is 0. The smallest absolute Gasteiger partial charge is 0.143 e. The van der Waals surface area contributed by atoms with Gasteiger partial charge < -0.3 is 4.42 Å². The molecule has 0 fully saturated rings. The van der Waals surface area contributed by atoms with Gasteiger partial charge in [-0.2, -0.15) is 0 Å². The van der Waals surface area contributed by atoms with Crippen molar-refractivity contribution in [2.24, 2.45) is 0 Å². The molecule has 1 nitrogen and oxygen atoms in total. The van der Waals surface area contributed by atoms with Crippen LogP contribution in [0.1, 0.15) is 0 Å². The summed E-state index contributed by atoms with van der Waals surface area (Å²) in [6.45, 7) is 0. The first kappa shape index (κ1) is 32.4. The summed E-state index contributed by atoms with van der Waals surface area (Å²) in [5.74, 6) is 0. The summed E-state index contributed by atoms with van der Waals surface area (Å²) in [6.07, 6.45) is 0. The van der Waals surface area contributed by atoms with Gasteiger partial charge in [0, 0.05) is 16.2 Å². The van der Waals surface area contributed by atoms with Crippen LogP contribution in [0.3, 0.4) is 0 Å². The van der Waals surface area contributed by atoms with Gasteiger partial charge in [0.25, 0.3) is 0 Å². The highest BCUT2D eigenvalue weighted by atomic mass is 16.3. The van der Waals surface area contributed by atoms with Crippen molar-refractivity contribution >= 4 is 97.3 Å². The Morgan fingerprint density at radius 1 is 0.237 bits per heavy atom. The maximum atomic E-state index is 6.67. The molecule has 0 amide bonds. The third kappa shape index (κ3) is 4.79. The molecular formula is C58H34O. The molecule has 13 rings (SSSR count). The molecule has 0 bridgehead atoms. The van der Waals surface area contributed by atoms with E-state index in [-0.39, 0.29) is 0 Å². The van der Waals surface area contributed by atoms with E-state index in [0.717, 1.165) is 27.3 Å². The average molecular weight is 747 g/mol. The summed E-state index contributed by atoms with van der Waals surface area (Å²) in [7, 11) is 0. The van der Waals surface area contributed by atoms with Crippen molar-refractivity contribution in [2.75, 3.05) is 0 Å². The zero-order chi connectivity index (χ0) is 38.6. The Hall–Kier alpha value is -7.74. The number of fused-ring (bicyclic) bond motifs is 14. The summed E-state index contributed by atoms with van der Waals surface area (Å²) in [6, 6.07) is 75.8. The quantitative estimate of drug-likeness (QED) is 0.130. The normalized spacial score (nSPS) is 12.1. The van der Waals surface area contributed by atoms with Crippen LogP contribution >= 0.6 is 0 Å². The minimum absolute atomic E-state index is 0.922.